The van der Waals surface area contributed by atoms with Crippen LogP contribution in [0, 0.1) is 0 Å². The second-order valence-electron chi connectivity index (χ2n) is 6.60. The Bertz CT molecular complexity index is 1020. The lowest BCUT2D eigenvalue weighted by atomic mass is 10.2. The number of nitrogens with zero attached hydrogens (tertiary/aromatic N) is 4. The van der Waals surface area contributed by atoms with Crippen molar-refractivity contribution in [2.45, 2.75) is 63.1 Å². The quantitative estimate of drug-likeness (QED) is 0.436. The van der Waals surface area contributed by atoms with Gasteiger partial charge in [0.15, 0.2) is 11.0 Å². The van der Waals surface area contributed by atoms with E-state index in [0.29, 0.717) is 29.2 Å². The molecule has 7 nitrogen and oxygen atoms in total. The first-order chi connectivity index (χ1) is 13.1. The largest absolute Gasteiger partial charge is 0.374 e. The maximum absolute atomic E-state index is 13.2. The van der Waals surface area contributed by atoms with Gasteiger partial charge in [-0.15, -0.1) is 11.3 Å². The van der Waals surface area contributed by atoms with Crippen LogP contribution < -0.4 is 5.56 Å². The first kappa shape index (κ1) is 18.6. The molecule has 0 N–H and O–H groups in total. The highest BCUT2D eigenvalue weighted by Gasteiger charge is 2.23. The van der Waals surface area contributed by atoms with E-state index in [4.69, 9.17) is 14.2 Å². The zero-order valence-electron chi connectivity index (χ0n) is 15.7. The Labute approximate surface area is 165 Å². The minimum Gasteiger partial charge on any atom is -0.374 e. The first-order valence-corrected chi connectivity index (χ1v) is 11.0. The van der Waals surface area contributed by atoms with Gasteiger partial charge in [-0.25, -0.2) is 4.98 Å². The highest BCUT2D eigenvalue weighted by Crippen LogP contribution is 2.35. The molecule has 4 rings (SSSR count). The molecule has 0 spiro atoms. The van der Waals surface area contributed by atoms with E-state index in [9.17, 15) is 4.79 Å². The highest BCUT2D eigenvalue weighted by molar-refractivity contribution is 7.98. The van der Waals surface area contributed by atoms with Gasteiger partial charge in [0.1, 0.15) is 10.9 Å². The predicted molar refractivity (Wildman–Crippen MR) is 105 cm³/mol. The molecule has 0 bridgehead atoms. The standard InChI is InChI=1S/C18H22N4O3S2/c1-4-8-22-17(23)14-11-6-5-7-12(11)27-16(14)20-18(22)26-9-13-19-15(21-25-13)10(2)24-3/h10H,4-9H2,1-3H3. The molecule has 9 heteroatoms. The van der Waals surface area contributed by atoms with E-state index in [1.165, 1.54) is 22.2 Å². The summed E-state index contributed by atoms with van der Waals surface area (Å²) in [6.45, 7) is 4.59. The minimum atomic E-state index is -0.214. The number of fused-ring (bicyclic) bond motifs is 3. The van der Waals surface area contributed by atoms with Gasteiger partial charge >= 0.3 is 0 Å². The maximum Gasteiger partial charge on any atom is 0.263 e. The fraction of sp³-hybridized carbons (Fsp3) is 0.556. The molecule has 3 heterocycles. The van der Waals surface area contributed by atoms with Crippen molar-refractivity contribution in [2.24, 2.45) is 0 Å². The number of aromatic nitrogens is 4. The van der Waals surface area contributed by atoms with Crippen LogP contribution in [0.4, 0.5) is 0 Å². The Morgan fingerprint density at radius 3 is 3.00 bits per heavy atom. The fourth-order valence-corrected chi connectivity index (χ4v) is 5.48. The van der Waals surface area contributed by atoms with Crippen molar-refractivity contribution in [2.75, 3.05) is 7.11 Å². The SMILES string of the molecule is CCCn1c(SCc2nc(C(C)OC)no2)nc2sc3c(c2c1=O)CCC3. The van der Waals surface area contributed by atoms with E-state index in [2.05, 4.69) is 17.1 Å². The van der Waals surface area contributed by atoms with E-state index in [-0.39, 0.29) is 11.7 Å². The summed E-state index contributed by atoms with van der Waals surface area (Å²) in [5.74, 6) is 1.50. The number of hydrogen-bond donors (Lipinski definition) is 0. The normalized spacial score (nSPS) is 14.8. The summed E-state index contributed by atoms with van der Waals surface area (Å²) in [6, 6.07) is 0. The molecule has 0 fully saturated rings. The van der Waals surface area contributed by atoms with E-state index >= 15 is 0 Å². The summed E-state index contributed by atoms with van der Waals surface area (Å²) in [5.41, 5.74) is 1.31. The predicted octanol–water partition coefficient (Wildman–Crippen LogP) is 3.74. The summed E-state index contributed by atoms with van der Waals surface area (Å²) in [6.07, 6.45) is 3.86. The lowest BCUT2D eigenvalue weighted by Gasteiger charge is -2.10. The topological polar surface area (TPSA) is 83.0 Å². The second kappa shape index (κ2) is 7.73. The Morgan fingerprint density at radius 2 is 2.22 bits per heavy atom. The number of thioether (sulfide) groups is 1. The van der Waals surface area contributed by atoms with Crippen LogP contribution >= 0.6 is 23.1 Å². The molecule has 1 aliphatic rings. The van der Waals surface area contributed by atoms with Crippen LogP contribution in [0.1, 0.15) is 54.9 Å². The van der Waals surface area contributed by atoms with Crippen LogP contribution in [-0.2, 0) is 29.9 Å². The van der Waals surface area contributed by atoms with Crippen LogP contribution in [0.25, 0.3) is 10.2 Å². The van der Waals surface area contributed by atoms with Gasteiger partial charge in [-0.05, 0) is 38.2 Å². The van der Waals surface area contributed by atoms with Gasteiger partial charge in [-0.3, -0.25) is 9.36 Å². The molecule has 144 valence electrons. The number of thiophene rings is 1. The number of methoxy groups -OCH3 is 1. The van der Waals surface area contributed by atoms with Crippen molar-refractivity contribution in [1.29, 1.82) is 0 Å². The van der Waals surface area contributed by atoms with Gasteiger partial charge < -0.3 is 9.26 Å². The summed E-state index contributed by atoms with van der Waals surface area (Å²) in [5, 5.41) is 5.50. The third-order valence-corrected chi connectivity index (χ3v) is 6.91. The van der Waals surface area contributed by atoms with Crippen LogP contribution in [0.15, 0.2) is 14.5 Å². The third-order valence-electron chi connectivity index (χ3n) is 4.76. The molecule has 0 saturated heterocycles. The van der Waals surface area contributed by atoms with Crippen molar-refractivity contribution >= 4 is 33.3 Å². The zero-order chi connectivity index (χ0) is 19.0. The van der Waals surface area contributed by atoms with Crippen molar-refractivity contribution in [1.82, 2.24) is 19.7 Å². The molecule has 0 radical (unpaired) electrons. The van der Waals surface area contributed by atoms with E-state index in [0.717, 1.165) is 35.9 Å². The molecule has 1 atom stereocenters. The van der Waals surface area contributed by atoms with Crippen molar-refractivity contribution in [3.8, 4) is 0 Å². The number of aryl methyl sites for hydroxylation is 2. The number of hydrogen-bond acceptors (Lipinski definition) is 8. The maximum atomic E-state index is 13.2. The molecule has 1 aliphatic carbocycles. The molecular weight excluding hydrogens is 384 g/mol. The molecule has 3 aromatic rings. The van der Waals surface area contributed by atoms with Crippen LogP contribution in [0.2, 0.25) is 0 Å². The molecule has 1 unspecified atom stereocenters. The van der Waals surface area contributed by atoms with E-state index < -0.39 is 0 Å². The number of ether oxygens (including phenoxy) is 1. The van der Waals surface area contributed by atoms with Gasteiger partial charge in [0.25, 0.3) is 5.56 Å². The fourth-order valence-electron chi connectivity index (χ4n) is 3.31. The third kappa shape index (κ3) is 3.43. The molecule has 0 amide bonds. The molecule has 0 aromatic carbocycles. The van der Waals surface area contributed by atoms with Crippen molar-refractivity contribution in [3.63, 3.8) is 0 Å². The van der Waals surface area contributed by atoms with Gasteiger partial charge in [0.05, 0.1) is 11.1 Å². The Kier molecular flexibility index (Phi) is 5.34. The van der Waals surface area contributed by atoms with Crippen LogP contribution in [0.3, 0.4) is 0 Å². The average molecular weight is 407 g/mol. The average Bonchev–Trinajstić information content (AvgIpc) is 3.37. The van der Waals surface area contributed by atoms with E-state index in [1.54, 1.807) is 23.0 Å². The lowest BCUT2D eigenvalue weighted by Crippen LogP contribution is -2.23. The van der Waals surface area contributed by atoms with Gasteiger partial charge in [0, 0.05) is 18.5 Å². The van der Waals surface area contributed by atoms with Gasteiger partial charge in [0.2, 0.25) is 5.89 Å². The smallest absolute Gasteiger partial charge is 0.263 e. The van der Waals surface area contributed by atoms with E-state index in [1.807, 2.05) is 6.92 Å². The summed E-state index contributed by atoms with van der Waals surface area (Å²) in [7, 11) is 1.61. The number of rotatable bonds is 7. The summed E-state index contributed by atoms with van der Waals surface area (Å²) >= 11 is 3.13. The first-order valence-electron chi connectivity index (χ1n) is 9.15. The molecule has 0 saturated carbocycles. The Balaban J connectivity index is 1.65. The Morgan fingerprint density at radius 1 is 1.37 bits per heavy atom. The zero-order valence-corrected chi connectivity index (χ0v) is 17.3. The Hall–Kier alpha value is -1.71. The lowest BCUT2D eigenvalue weighted by molar-refractivity contribution is 0.109. The molecule has 0 aliphatic heterocycles. The monoisotopic (exact) mass is 406 g/mol. The molecule has 3 aromatic heterocycles. The second-order valence-corrected chi connectivity index (χ2v) is 8.63. The van der Waals surface area contributed by atoms with Crippen LogP contribution in [-0.4, -0.2) is 26.8 Å². The molecule has 27 heavy (non-hydrogen) atoms. The van der Waals surface area contributed by atoms with Crippen LogP contribution in [0.5, 0.6) is 0 Å². The summed E-state index contributed by atoms with van der Waals surface area (Å²) < 4.78 is 12.3. The van der Waals surface area contributed by atoms with Gasteiger partial charge in [-0.2, -0.15) is 4.98 Å². The molecular formula is C18H22N4O3S2. The van der Waals surface area contributed by atoms with Gasteiger partial charge in [-0.1, -0.05) is 23.8 Å². The van der Waals surface area contributed by atoms with Crippen molar-refractivity contribution < 1.29 is 9.26 Å². The summed E-state index contributed by atoms with van der Waals surface area (Å²) in [4.78, 5) is 24.5. The highest BCUT2D eigenvalue weighted by atomic mass is 32.2. The van der Waals surface area contributed by atoms with Crippen molar-refractivity contribution in [3.05, 3.63) is 32.5 Å². The minimum absolute atomic E-state index is 0.0861.